The number of phenols is 1. The SMILES string of the molecule is COc1ccc(CNC(=O)C(C)N2CCN(c3ccc(O)cc3)CC2)cc1. The standard InChI is InChI=1S/C21H27N3O3/c1-16(21(26)22-15-17-3-9-20(27-2)10-4-17)23-11-13-24(14-12-23)18-5-7-19(25)8-6-18/h3-10,16,25H,11-15H2,1-2H3,(H,22,26). The lowest BCUT2D eigenvalue weighted by atomic mass is 10.1. The Morgan fingerprint density at radius 1 is 1.07 bits per heavy atom. The van der Waals surface area contributed by atoms with Gasteiger partial charge in [-0.15, -0.1) is 0 Å². The number of carbonyl (C=O) groups is 1. The number of benzene rings is 2. The maximum absolute atomic E-state index is 12.5. The Labute approximate surface area is 160 Å². The second kappa shape index (κ2) is 8.77. The Kier molecular flexibility index (Phi) is 6.19. The Morgan fingerprint density at radius 2 is 1.70 bits per heavy atom. The highest BCUT2D eigenvalue weighted by molar-refractivity contribution is 5.81. The van der Waals surface area contributed by atoms with Crippen LogP contribution in [-0.2, 0) is 11.3 Å². The highest BCUT2D eigenvalue weighted by Gasteiger charge is 2.25. The van der Waals surface area contributed by atoms with E-state index in [4.69, 9.17) is 4.74 Å². The first-order valence-electron chi connectivity index (χ1n) is 9.25. The van der Waals surface area contributed by atoms with Gasteiger partial charge in [-0.2, -0.15) is 0 Å². The molecular weight excluding hydrogens is 342 g/mol. The topological polar surface area (TPSA) is 65.0 Å². The third-order valence-electron chi connectivity index (χ3n) is 5.08. The molecule has 3 rings (SSSR count). The number of rotatable bonds is 6. The number of phenolic OH excluding ortho intramolecular Hbond substituents is 1. The Morgan fingerprint density at radius 3 is 2.30 bits per heavy atom. The molecular formula is C21H27N3O3. The number of carbonyl (C=O) groups excluding carboxylic acids is 1. The van der Waals surface area contributed by atoms with Crippen LogP contribution < -0.4 is 15.0 Å². The summed E-state index contributed by atoms with van der Waals surface area (Å²) in [4.78, 5) is 17.0. The van der Waals surface area contributed by atoms with Gasteiger partial charge in [-0.3, -0.25) is 9.69 Å². The fraction of sp³-hybridized carbons (Fsp3) is 0.381. The molecule has 27 heavy (non-hydrogen) atoms. The summed E-state index contributed by atoms with van der Waals surface area (Å²) in [6, 6.07) is 14.8. The molecule has 0 aromatic heterocycles. The fourth-order valence-electron chi connectivity index (χ4n) is 3.28. The summed E-state index contributed by atoms with van der Waals surface area (Å²) in [5.41, 5.74) is 2.15. The van der Waals surface area contributed by atoms with Gasteiger partial charge in [0.25, 0.3) is 0 Å². The van der Waals surface area contributed by atoms with Crippen LogP contribution in [0.2, 0.25) is 0 Å². The van der Waals surface area contributed by atoms with E-state index in [9.17, 15) is 9.90 Å². The van der Waals surface area contributed by atoms with Gasteiger partial charge < -0.3 is 20.1 Å². The van der Waals surface area contributed by atoms with Crippen molar-refractivity contribution in [1.29, 1.82) is 0 Å². The first-order chi connectivity index (χ1) is 13.1. The van der Waals surface area contributed by atoms with Crippen molar-refractivity contribution >= 4 is 11.6 Å². The van der Waals surface area contributed by atoms with Gasteiger partial charge in [-0.1, -0.05) is 12.1 Å². The van der Waals surface area contributed by atoms with Crippen LogP contribution in [0.1, 0.15) is 12.5 Å². The van der Waals surface area contributed by atoms with Crippen LogP contribution in [0.4, 0.5) is 5.69 Å². The number of nitrogens with one attached hydrogen (secondary N) is 1. The van der Waals surface area contributed by atoms with Crippen LogP contribution in [0.25, 0.3) is 0 Å². The van der Waals surface area contributed by atoms with E-state index in [-0.39, 0.29) is 17.7 Å². The highest BCUT2D eigenvalue weighted by atomic mass is 16.5. The first-order valence-corrected chi connectivity index (χ1v) is 9.25. The lowest BCUT2D eigenvalue weighted by molar-refractivity contribution is -0.126. The second-order valence-electron chi connectivity index (χ2n) is 6.78. The van der Waals surface area contributed by atoms with Crippen molar-refractivity contribution in [3.05, 3.63) is 54.1 Å². The molecule has 0 saturated carbocycles. The maximum Gasteiger partial charge on any atom is 0.237 e. The molecule has 0 spiro atoms. The molecule has 1 fully saturated rings. The Bertz CT molecular complexity index is 738. The van der Waals surface area contributed by atoms with Crippen molar-refractivity contribution < 1.29 is 14.6 Å². The average Bonchev–Trinajstić information content (AvgIpc) is 2.72. The Hall–Kier alpha value is -2.73. The summed E-state index contributed by atoms with van der Waals surface area (Å²) in [7, 11) is 1.64. The monoisotopic (exact) mass is 369 g/mol. The van der Waals surface area contributed by atoms with E-state index in [1.54, 1.807) is 19.2 Å². The molecule has 2 aromatic rings. The number of anilines is 1. The third kappa shape index (κ3) is 4.92. The quantitative estimate of drug-likeness (QED) is 0.818. The van der Waals surface area contributed by atoms with Gasteiger partial charge in [0, 0.05) is 38.4 Å². The molecule has 1 atom stereocenters. The molecule has 2 aromatic carbocycles. The van der Waals surface area contributed by atoms with E-state index >= 15 is 0 Å². The van der Waals surface area contributed by atoms with E-state index in [0.29, 0.717) is 6.54 Å². The molecule has 0 aliphatic carbocycles. The number of aromatic hydroxyl groups is 1. The summed E-state index contributed by atoms with van der Waals surface area (Å²) in [5.74, 6) is 1.13. The van der Waals surface area contributed by atoms with Crippen LogP contribution >= 0.6 is 0 Å². The van der Waals surface area contributed by atoms with Gasteiger partial charge in [0.1, 0.15) is 11.5 Å². The molecule has 1 amide bonds. The summed E-state index contributed by atoms with van der Waals surface area (Å²) in [5, 5.41) is 12.4. The van der Waals surface area contributed by atoms with Crippen LogP contribution in [0.5, 0.6) is 11.5 Å². The smallest absolute Gasteiger partial charge is 0.237 e. The molecule has 1 heterocycles. The predicted molar refractivity (Wildman–Crippen MR) is 106 cm³/mol. The second-order valence-corrected chi connectivity index (χ2v) is 6.78. The highest BCUT2D eigenvalue weighted by Crippen LogP contribution is 2.20. The van der Waals surface area contributed by atoms with Gasteiger partial charge in [-0.25, -0.2) is 0 Å². The van der Waals surface area contributed by atoms with E-state index < -0.39 is 0 Å². The van der Waals surface area contributed by atoms with Gasteiger partial charge in [0.15, 0.2) is 0 Å². The lowest BCUT2D eigenvalue weighted by Gasteiger charge is -2.38. The molecule has 1 unspecified atom stereocenters. The molecule has 1 aliphatic rings. The lowest BCUT2D eigenvalue weighted by Crippen LogP contribution is -2.53. The van der Waals surface area contributed by atoms with E-state index in [1.807, 2.05) is 43.3 Å². The van der Waals surface area contributed by atoms with Crippen molar-refractivity contribution in [3.8, 4) is 11.5 Å². The number of amides is 1. The van der Waals surface area contributed by atoms with Crippen molar-refractivity contribution in [2.45, 2.75) is 19.5 Å². The van der Waals surface area contributed by atoms with Crippen molar-refractivity contribution in [2.75, 3.05) is 38.2 Å². The third-order valence-corrected chi connectivity index (χ3v) is 5.08. The minimum Gasteiger partial charge on any atom is -0.508 e. The fourth-order valence-corrected chi connectivity index (χ4v) is 3.28. The summed E-state index contributed by atoms with van der Waals surface area (Å²) in [6.45, 7) is 5.86. The van der Waals surface area contributed by atoms with Crippen molar-refractivity contribution in [1.82, 2.24) is 10.2 Å². The summed E-state index contributed by atoms with van der Waals surface area (Å²) >= 11 is 0. The van der Waals surface area contributed by atoms with E-state index in [0.717, 1.165) is 43.2 Å². The van der Waals surface area contributed by atoms with Crippen LogP contribution in [0.3, 0.4) is 0 Å². The molecule has 6 heteroatoms. The zero-order chi connectivity index (χ0) is 19.2. The molecule has 1 saturated heterocycles. The van der Waals surface area contributed by atoms with E-state index in [1.165, 1.54) is 0 Å². The van der Waals surface area contributed by atoms with Crippen LogP contribution in [-0.4, -0.2) is 55.2 Å². The minimum absolute atomic E-state index is 0.0453. The average molecular weight is 369 g/mol. The first kappa shape index (κ1) is 19.0. The van der Waals surface area contributed by atoms with E-state index in [2.05, 4.69) is 15.1 Å². The zero-order valence-electron chi connectivity index (χ0n) is 15.9. The molecule has 2 N–H and O–H groups in total. The van der Waals surface area contributed by atoms with Crippen molar-refractivity contribution in [2.24, 2.45) is 0 Å². The number of hydrogen-bond donors (Lipinski definition) is 2. The van der Waals surface area contributed by atoms with Gasteiger partial charge >= 0.3 is 0 Å². The number of hydrogen-bond acceptors (Lipinski definition) is 5. The predicted octanol–water partition coefficient (Wildman–Crippen LogP) is 2.23. The van der Waals surface area contributed by atoms with Gasteiger partial charge in [0.2, 0.25) is 5.91 Å². The zero-order valence-corrected chi connectivity index (χ0v) is 15.9. The summed E-state index contributed by atoms with van der Waals surface area (Å²) < 4.78 is 5.15. The van der Waals surface area contributed by atoms with Crippen LogP contribution in [0.15, 0.2) is 48.5 Å². The van der Waals surface area contributed by atoms with Crippen LogP contribution in [0, 0.1) is 0 Å². The van der Waals surface area contributed by atoms with Gasteiger partial charge in [0.05, 0.1) is 13.2 Å². The molecule has 1 aliphatic heterocycles. The normalized spacial score (nSPS) is 16.0. The number of methoxy groups -OCH3 is 1. The van der Waals surface area contributed by atoms with Gasteiger partial charge in [-0.05, 0) is 48.9 Å². The maximum atomic E-state index is 12.5. The number of piperazine rings is 1. The molecule has 144 valence electrons. The molecule has 0 bridgehead atoms. The summed E-state index contributed by atoms with van der Waals surface area (Å²) in [6.07, 6.45) is 0. The Balaban J connectivity index is 1.47. The number of nitrogens with zero attached hydrogens (tertiary/aromatic N) is 2. The number of ether oxygens (including phenoxy) is 1. The molecule has 6 nitrogen and oxygen atoms in total. The van der Waals surface area contributed by atoms with Crippen molar-refractivity contribution in [3.63, 3.8) is 0 Å². The largest absolute Gasteiger partial charge is 0.508 e. The minimum atomic E-state index is -0.162. The molecule has 0 radical (unpaired) electrons.